The van der Waals surface area contributed by atoms with Crippen molar-refractivity contribution in [3.63, 3.8) is 0 Å². The van der Waals surface area contributed by atoms with Crippen molar-refractivity contribution in [2.24, 2.45) is 0 Å². The molecule has 4 heteroatoms. The van der Waals surface area contributed by atoms with Crippen molar-refractivity contribution < 1.29 is 5.11 Å². The van der Waals surface area contributed by atoms with Gasteiger partial charge in [-0.05, 0) is 12.1 Å². The molecule has 1 rings (SSSR count). The zero-order chi connectivity index (χ0) is 5.98. The van der Waals surface area contributed by atoms with Crippen LogP contribution in [0, 0.1) is 0 Å². The van der Waals surface area contributed by atoms with E-state index in [0.717, 1.165) is 0 Å². The predicted octanol–water partition coefficient (Wildman–Crippen LogP) is -0.300. The molecule has 1 heterocycles. The quantitative estimate of drug-likeness (QED) is 0.478. The van der Waals surface area contributed by atoms with E-state index in [1.165, 1.54) is 12.3 Å². The van der Waals surface area contributed by atoms with E-state index in [1.54, 1.807) is 6.07 Å². The van der Waals surface area contributed by atoms with Crippen molar-refractivity contribution in [1.29, 1.82) is 0 Å². The van der Waals surface area contributed by atoms with Gasteiger partial charge < -0.3 is 10.1 Å². The number of aromatic nitrogens is 1. The molecule has 0 amide bonds. The summed E-state index contributed by atoms with van der Waals surface area (Å²) in [6.07, 6.45) is 1.46. The average molecular weight is 134 g/mol. The Morgan fingerprint density at radius 3 is 2.56 bits per heavy atom. The van der Waals surface area contributed by atoms with Gasteiger partial charge >= 0.3 is 0 Å². The Kier molecular flexibility index (Phi) is 3.61. The maximum atomic E-state index is 10.3. The maximum Gasteiger partial charge on any atom is 0.290 e. The van der Waals surface area contributed by atoms with Gasteiger partial charge in [-0.3, -0.25) is 4.79 Å². The molecular weight excluding hydrogens is 129 g/mol. The molecule has 2 N–H and O–H groups in total. The van der Waals surface area contributed by atoms with E-state index in [4.69, 9.17) is 5.11 Å². The van der Waals surface area contributed by atoms with Crippen molar-refractivity contribution in [3.05, 3.63) is 28.7 Å². The van der Waals surface area contributed by atoms with Crippen molar-refractivity contribution in [3.8, 4) is 5.75 Å². The largest absolute Gasteiger partial charge is 0.503 e. The van der Waals surface area contributed by atoms with Gasteiger partial charge in [0.1, 0.15) is 0 Å². The predicted molar refractivity (Wildman–Crippen MR) is 34.5 cm³/mol. The first-order valence-electron chi connectivity index (χ1n) is 2.17. The van der Waals surface area contributed by atoms with E-state index >= 15 is 0 Å². The molecule has 0 aliphatic heterocycles. The molecule has 1 aromatic rings. The van der Waals surface area contributed by atoms with Gasteiger partial charge in [0.25, 0.3) is 5.56 Å². The Morgan fingerprint density at radius 1 is 1.56 bits per heavy atom. The third-order valence-electron chi connectivity index (χ3n) is 0.797. The van der Waals surface area contributed by atoms with E-state index < -0.39 is 5.56 Å². The molecule has 0 aliphatic carbocycles. The van der Waals surface area contributed by atoms with Crippen LogP contribution in [0.15, 0.2) is 23.1 Å². The number of pyridine rings is 1. The van der Waals surface area contributed by atoms with Gasteiger partial charge in [0.2, 0.25) is 0 Å². The molecule has 0 atom stereocenters. The summed E-state index contributed by atoms with van der Waals surface area (Å²) in [5.41, 5.74) is -0.451. The minimum atomic E-state index is -0.451. The molecule has 43 valence electrons. The number of H-pyrrole nitrogens is 1. The molecule has 0 aliphatic rings. The van der Waals surface area contributed by atoms with Crippen LogP contribution in [0.5, 0.6) is 5.75 Å². The monoisotopic (exact) mass is 134 g/mol. The fourth-order valence-electron chi connectivity index (χ4n) is 0.413. The number of nitrogens with one attached hydrogen (secondary N) is 1. The molecule has 0 aromatic carbocycles. The summed E-state index contributed by atoms with van der Waals surface area (Å²) >= 11 is 0. The second-order valence-electron chi connectivity index (χ2n) is 1.38. The first kappa shape index (κ1) is 8.75. The number of aromatic amines is 1. The summed E-state index contributed by atoms with van der Waals surface area (Å²) in [7, 11) is 0. The van der Waals surface area contributed by atoms with Crippen LogP contribution in [0.2, 0.25) is 0 Å². The number of aromatic hydroxyl groups is 1. The van der Waals surface area contributed by atoms with Crippen LogP contribution in [-0.2, 0) is 0 Å². The van der Waals surface area contributed by atoms with E-state index in [0.29, 0.717) is 0 Å². The standard InChI is InChI=1S/C5H5NO2.Na/c7-4-2-1-3-6-5(4)8;/h1-3,7H,(H,6,8);. The maximum absolute atomic E-state index is 10.3. The Hall–Kier alpha value is -0.250. The third-order valence-corrected chi connectivity index (χ3v) is 0.797. The zero-order valence-electron chi connectivity index (χ0n) is 5.09. The summed E-state index contributed by atoms with van der Waals surface area (Å²) in [5, 5.41) is 8.58. The third kappa shape index (κ3) is 2.22. The summed E-state index contributed by atoms with van der Waals surface area (Å²) < 4.78 is 0. The van der Waals surface area contributed by atoms with Crippen molar-refractivity contribution in [1.82, 2.24) is 4.98 Å². The SMILES string of the molecule is O=c1[nH]cccc1O.[Na]. The van der Waals surface area contributed by atoms with Crippen LogP contribution in [0.4, 0.5) is 0 Å². The average Bonchev–Trinajstić information content (AvgIpc) is 1.77. The van der Waals surface area contributed by atoms with Crippen LogP contribution in [0.1, 0.15) is 0 Å². The molecular formula is C5H5NNaO2. The van der Waals surface area contributed by atoms with Gasteiger partial charge in [-0.2, -0.15) is 0 Å². The normalized spacial score (nSPS) is 8.00. The fourth-order valence-corrected chi connectivity index (χ4v) is 0.413. The van der Waals surface area contributed by atoms with Crippen LogP contribution in [-0.4, -0.2) is 39.6 Å². The molecule has 3 nitrogen and oxygen atoms in total. The minimum absolute atomic E-state index is 0. The molecule has 0 unspecified atom stereocenters. The summed E-state index contributed by atoms with van der Waals surface area (Å²) in [4.78, 5) is 12.6. The molecule has 1 radical (unpaired) electrons. The second kappa shape index (κ2) is 3.71. The number of hydrogen-bond donors (Lipinski definition) is 2. The van der Waals surface area contributed by atoms with Crippen LogP contribution >= 0.6 is 0 Å². The smallest absolute Gasteiger partial charge is 0.290 e. The van der Waals surface area contributed by atoms with E-state index in [9.17, 15) is 4.79 Å². The minimum Gasteiger partial charge on any atom is -0.503 e. The van der Waals surface area contributed by atoms with Crippen molar-refractivity contribution in [2.45, 2.75) is 0 Å². The van der Waals surface area contributed by atoms with E-state index in [2.05, 4.69) is 4.98 Å². The number of hydrogen-bond acceptors (Lipinski definition) is 2. The van der Waals surface area contributed by atoms with Gasteiger partial charge in [-0.15, -0.1) is 0 Å². The zero-order valence-corrected chi connectivity index (χ0v) is 7.09. The Balaban J connectivity index is 0.000000640. The number of rotatable bonds is 0. The molecule has 1 aromatic heterocycles. The summed E-state index contributed by atoms with van der Waals surface area (Å²) in [5.74, 6) is -0.243. The van der Waals surface area contributed by atoms with Gasteiger partial charge in [-0.25, -0.2) is 0 Å². The Morgan fingerprint density at radius 2 is 2.22 bits per heavy atom. The van der Waals surface area contributed by atoms with Crippen LogP contribution in [0.25, 0.3) is 0 Å². The van der Waals surface area contributed by atoms with Gasteiger partial charge in [-0.1, -0.05) is 0 Å². The first-order valence-corrected chi connectivity index (χ1v) is 2.17. The van der Waals surface area contributed by atoms with Gasteiger partial charge in [0.15, 0.2) is 5.75 Å². The molecule has 9 heavy (non-hydrogen) atoms. The van der Waals surface area contributed by atoms with Crippen molar-refractivity contribution in [2.75, 3.05) is 0 Å². The van der Waals surface area contributed by atoms with E-state index in [-0.39, 0.29) is 35.3 Å². The molecule has 0 fully saturated rings. The van der Waals surface area contributed by atoms with Gasteiger partial charge in [0.05, 0.1) is 0 Å². The van der Waals surface area contributed by atoms with Crippen LogP contribution in [0.3, 0.4) is 0 Å². The summed E-state index contributed by atoms with van der Waals surface area (Å²) in [6.45, 7) is 0. The second-order valence-corrected chi connectivity index (χ2v) is 1.38. The van der Waals surface area contributed by atoms with Gasteiger partial charge in [0, 0.05) is 35.8 Å². The molecule has 0 spiro atoms. The van der Waals surface area contributed by atoms with E-state index in [1.807, 2.05) is 0 Å². The first-order chi connectivity index (χ1) is 3.80. The molecule has 0 saturated heterocycles. The summed E-state index contributed by atoms with van der Waals surface area (Å²) in [6, 6.07) is 2.88. The topological polar surface area (TPSA) is 53.1 Å². The Labute approximate surface area is 74.0 Å². The van der Waals surface area contributed by atoms with Crippen LogP contribution < -0.4 is 5.56 Å². The molecule has 0 bridgehead atoms. The van der Waals surface area contributed by atoms with Crippen molar-refractivity contribution >= 4 is 29.6 Å². The fraction of sp³-hybridized carbons (Fsp3) is 0. The Bertz CT molecular complexity index is 232. The molecule has 0 saturated carbocycles.